The van der Waals surface area contributed by atoms with Crippen molar-refractivity contribution in [1.29, 1.82) is 0 Å². The van der Waals surface area contributed by atoms with Crippen molar-refractivity contribution >= 4 is 37.4 Å². The fraction of sp³-hybridized carbons (Fsp3) is 0.0833. The molecule has 0 bridgehead atoms. The average molecular weight is 294 g/mol. The Morgan fingerprint density at radius 3 is 2.88 bits per heavy atom. The molecule has 80 valence electrons. The molecule has 4 heteroatoms. The second-order valence-electron chi connectivity index (χ2n) is 3.46. The highest BCUT2D eigenvalue weighted by Crippen LogP contribution is 2.33. The van der Waals surface area contributed by atoms with E-state index in [0.717, 1.165) is 21.7 Å². The van der Waals surface area contributed by atoms with Crippen LogP contribution in [0, 0.1) is 0 Å². The van der Waals surface area contributed by atoms with Gasteiger partial charge in [0.2, 0.25) is 0 Å². The number of hydrogen-bond donors (Lipinski definition) is 0. The molecule has 3 rings (SSSR count). The Labute approximate surface area is 105 Å². The molecule has 0 saturated carbocycles. The first-order valence-electron chi connectivity index (χ1n) is 4.87. The van der Waals surface area contributed by atoms with E-state index in [4.69, 9.17) is 4.52 Å². The van der Waals surface area contributed by atoms with E-state index in [1.54, 1.807) is 11.3 Å². The molecule has 0 radical (unpaired) electrons. The molecule has 0 amide bonds. The lowest BCUT2D eigenvalue weighted by molar-refractivity contribution is 0.427. The number of aromatic nitrogens is 1. The van der Waals surface area contributed by atoms with Crippen molar-refractivity contribution in [3.63, 3.8) is 0 Å². The van der Waals surface area contributed by atoms with E-state index in [1.165, 1.54) is 10.1 Å². The maximum atomic E-state index is 5.30. The zero-order valence-electron chi connectivity index (χ0n) is 8.31. The van der Waals surface area contributed by atoms with Gasteiger partial charge in [-0.05, 0) is 17.5 Å². The lowest BCUT2D eigenvalue weighted by Crippen LogP contribution is -1.70. The minimum absolute atomic E-state index is 0.724. The lowest BCUT2D eigenvalue weighted by Gasteiger charge is -1.83. The number of nitrogens with zero attached hydrogens (tertiary/aromatic N) is 1. The second kappa shape index (κ2) is 4.03. The average Bonchev–Trinajstić information content (AvgIpc) is 2.95. The van der Waals surface area contributed by atoms with Gasteiger partial charge < -0.3 is 4.52 Å². The Morgan fingerprint density at radius 1 is 1.25 bits per heavy atom. The summed E-state index contributed by atoms with van der Waals surface area (Å²) in [5.41, 5.74) is 0.924. The molecular weight excluding hydrogens is 286 g/mol. The van der Waals surface area contributed by atoms with Crippen LogP contribution in [0.5, 0.6) is 0 Å². The quantitative estimate of drug-likeness (QED) is 0.653. The van der Waals surface area contributed by atoms with E-state index in [9.17, 15) is 0 Å². The highest BCUT2D eigenvalue weighted by atomic mass is 79.9. The maximum Gasteiger partial charge on any atom is 0.177 e. The van der Waals surface area contributed by atoms with E-state index in [2.05, 4.69) is 39.3 Å². The smallest absolute Gasteiger partial charge is 0.177 e. The van der Waals surface area contributed by atoms with Gasteiger partial charge in [0.1, 0.15) is 0 Å². The molecule has 3 aromatic rings. The Hall–Kier alpha value is -1.13. The molecule has 0 spiro atoms. The van der Waals surface area contributed by atoms with Crippen LogP contribution in [0.3, 0.4) is 0 Å². The summed E-state index contributed by atoms with van der Waals surface area (Å²) >= 11 is 5.08. The zero-order chi connectivity index (χ0) is 11.0. The van der Waals surface area contributed by atoms with Crippen LogP contribution in [0.4, 0.5) is 0 Å². The van der Waals surface area contributed by atoms with Crippen LogP contribution >= 0.6 is 27.3 Å². The second-order valence-corrected chi connectivity index (χ2v) is 5.11. The molecule has 0 N–H and O–H groups in total. The Balaban J connectivity index is 2.11. The molecule has 0 atom stereocenters. The van der Waals surface area contributed by atoms with Gasteiger partial charge in [0.05, 0.1) is 10.6 Å². The molecule has 2 nitrogen and oxygen atoms in total. The Kier molecular flexibility index (Phi) is 2.53. The number of fused-ring (bicyclic) bond motifs is 1. The first-order valence-corrected chi connectivity index (χ1v) is 6.81. The van der Waals surface area contributed by atoms with Gasteiger partial charge in [0, 0.05) is 16.1 Å². The number of hydrogen-bond acceptors (Lipinski definition) is 3. The van der Waals surface area contributed by atoms with Gasteiger partial charge in [0.25, 0.3) is 0 Å². The Bertz CT molecular complexity index is 596. The van der Waals surface area contributed by atoms with E-state index in [0.29, 0.717) is 0 Å². The van der Waals surface area contributed by atoms with Crippen molar-refractivity contribution in [2.24, 2.45) is 0 Å². The van der Waals surface area contributed by atoms with Gasteiger partial charge in [-0.3, -0.25) is 0 Å². The predicted molar refractivity (Wildman–Crippen MR) is 70.0 cm³/mol. The largest absolute Gasteiger partial charge is 0.355 e. The van der Waals surface area contributed by atoms with Gasteiger partial charge in [-0.15, -0.1) is 11.3 Å². The van der Waals surface area contributed by atoms with E-state index >= 15 is 0 Å². The van der Waals surface area contributed by atoms with Crippen LogP contribution in [-0.2, 0) is 5.33 Å². The number of rotatable bonds is 2. The topological polar surface area (TPSA) is 26.0 Å². The van der Waals surface area contributed by atoms with Crippen molar-refractivity contribution in [1.82, 2.24) is 5.16 Å². The molecule has 2 aromatic heterocycles. The summed E-state index contributed by atoms with van der Waals surface area (Å²) in [5, 5.41) is 5.94. The van der Waals surface area contributed by atoms with Crippen molar-refractivity contribution in [3.05, 3.63) is 42.1 Å². The third kappa shape index (κ3) is 1.68. The molecule has 16 heavy (non-hydrogen) atoms. The normalized spacial score (nSPS) is 11.1. The van der Waals surface area contributed by atoms with Crippen molar-refractivity contribution in [2.75, 3.05) is 0 Å². The molecule has 0 saturated heterocycles. The molecule has 0 fully saturated rings. The van der Waals surface area contributed by atoms with Crippen molar-refractivity contribution in [3.8, 4) is 10.6 Å². The van der Waals surface area contributed by atoms with Crippen LogP contribution in [0.15, 0.2) is 40.9 Å². The molecule has 0 aliphatic heterocycles. The van der Waals surface area contributed by atoms with Gasteiger partial charge in [-0.2, -0.15) is 0 Å². The molecule has 2 heterocycles. The van der Waals surface area contributed by atoms with Gasteiger partial charge in [-0.25, -0.2) is 0 Å². The highest BCUT2D eigenvalue weighted by molar-refractivity contribution is 9.08. The third-order valence-corrected chi connectivity index (χ3v) is 4.07. The first kappa shape index (κ1) is 10.1. The van der Waals surface area contributed by atoms with Crippen LogP contribution < -0.4 is 0 Å². The van der Waals surface area contributed by atoms with Crippen LogP contribution in [0.1, 0.15) is 5.69 Å². The minimum atomic E-state index is 0.724. The lowest BCUT2D eigenvalue weighted by atomic mass is 10.2. The van der Waals surface area contributed by atoms with Gasteiger partial charge in [-0.1, -0.05) is 39.3 Å². The summed E-state index contributed by atoms with van der Waals surface area (Å²) in [6.45, 7) is 0. The third-order valence-electron chi connectivity index (χ3n) is 2.36. The van der Waals surface area contributed by atoms with Crippen molar-refractivity contribution < 1.29 is 4.52 Å². The van der Waals surface area contributed by atoms with E-state index < -0.39 is 0 Å². The van der Waals surface area contributed by atoms with E-state index in [1.807, 2.05) is 18.2 Å². The number of benzene rings is 1. The maximum absolute atomic E-state index is 5.30. The summed E-state index contributed by atoms with van der Waals surface area (Å²) in [5.74, 6) is 0.843. The molecule has 0 unspecified atom stereocenters. The molecule has 0 aliphatic rings. The summed E-state index contributed by atoms with van der Waals surface area (Å²) in [6, 6.07) is 12.4. The minimum Gasteiger partial charge on any atom is -0.355 e. The zero-order valence-corrected chi connectivity index (χ0v) is 10.7. The van der Waals surface area contributed by atoms with Crippen LogP contribution in [-0.4, -0.2) is 5.16 Å². The molecule has 1 aromatic carbocycles. The van der Waals surface area contributed by atoms with Crippen LogP contribution in [0.2, 0.25) is 0 Å². The fourth-order valence-electron chi connectivity index (χ4n) is 1.59. The number of thiophene rings is 1. The Morgan fingerprint density at radius 2 is 2.12 bits per heavy atom. The van der Waals surface area contributed by atoms with E-state index in [-0.39, 0.29) is 0 Å². The van der Waals surface area contributed by atoms with Gasteiger partial charge >= 0.3 is 0 Å². The van der Waals surface area contributed by atoms with Crippen molar-refractivity contribution in [2.45, 2.75) is 5.33 Å². The number of halogens is 1. The molecular formula is C12H8BrNOS. The molecule has 0 aliphatic carbocycles. The SMILES string of the molecule is BrCc1cc(-c2cc3ccccc3s2)on1. The standard InChI is InChI=1S/C12H8BrNOS/c13-7-9-6-10(15-14-9)12-5-8-3-1-2-4-11(8)16-12/h1-6H,7H2. The van der Waals surface area contributed by atoms with Crippen LogP contribution in [0.25, 0.3) is 20.7 Å². The summed E-state index contributed by atoms with van der Waals surface area (Å²) in [6.07, 6.45) is 0. The first-order chi connectivity index (χ1) is 7.86. The summed E-state index contributed by atoms with van der Waals surface area (Å²) in [4.78, 5) is 1.13. The monoisotopic (exact) mass is 293 g/mol. The number of alkyl halides is 1. The van der Waals surface area contributed by atoms with Gasteiger partial charge in [0.15, 0.2) is 5.76 Å². The summed E-state index contributed by atoms with van der Waals surface area (Å²) in [7, 11) is 0. The highest BCUT2D eigenvalue weighted by Gasteiger charge is 2.09. The summed E-state index contributed by atoms with van der Waals surface area (Å²) < 4.78 is 6.57. The predicted octanol–water partition coefficient (Wildman–Crippen LogP) is 4.45. The fourth-order valence-corrected chi connectivity index (χ4v) is 2.87.